The van der Waals surface area contributed by atoms with Gasteiger partial charge in [0, 0.05) is 18.0 Å². The second-order valence-electron chi connectivity index (χ2n) is 5.97. The maximum absolute atomic E-state index is 12.6. The summed E-state index contributed by atoms with van der Waals surface area (Å²) < 4.78 is 0. The van der Waals surface area contributed by atoms with Crippen molar-refractivity contribution in [2.75, 3.05) is 0 Å². The third-order valence-electron chi connectivity index (χ3n) is 4.86. The Morgan fingerprint density at radius 1 is 1.32 bits per heavy atom. The molecule has 4 heteroatoms. The fraction of sp³-hybridized carbons (Fsp3) is 0.867. The zero-order chi connectivity index (χ0) is 14.0. The third-order valence-corrected chi connectivity index (χ3v) is 4.86. The van der Waals surface area contributed by atoms with Crippen LogP contribution >= 0.6 is 0 Å². The van der Waals surface area contributed by atoms with Crippen LogP contribution in [-0.2, 0) is 9.59 Å². The molecule has 0 aromatic heterocycles. The summed E-state index contributed by atoms with van der Waals surface area (Å²) in [4.78, 5) is 25.8. The van der Waals surface area contributed by atoms with Gasteiger partial charge >= 0.3 is 5.97 Å². The van der Waals surface area contributed by atoms with E-state index in [1.54, 1.807) is 0 Å². The number of carboxylic acids is 1. The standard InChI is InChI=1S/C15H25NO3/c1-3-5-6-10(4-2)14(17)16-11-7-8-13(16)12(9-11)15(18)19/h10-13H,3-9H2,1-2H3,(H,18,19). The number of fused-ring (bicyclic) bond motifs is 2. The van der Waals surface area contributed by atoms with Gasteiger partial charge in [-0.05, 0) is 32.1 Å². The number of amides is 1. The summed E-state index contributed by atoms with van der Waals surface area (Å²) in [7, 11) is 0. The van der Waals surface area contributed by atoms with Crippen LogP contribution in [0, 0.1) is 11.8 Å². The normalized spacial score (nSPS) is 30.6. The minimum absolute atomic E-state index is 0.0364. The maximum atomic E-state index is 12.6. The van der Waals surface area contributed by atoms with Crippen molar-refractivity contribution in [1.29, 1.82) is 0 Å². The van der Waals surface area contributed by atoms with Crippen LogP contribution < -0.4 is 0 Å². The number of unbranched alkanes of at least 4 members (excludes halogenated alkanes) is 1. The number of aliphatic carboxylic acids is 1. The van der Waals surface area contributed by atoms with Gasteiger partial charge in [-0.25, -0.2) is 0 Å². The first-order chi connectivity index (χ1) is 9.10. The van der Waals surface area contributed by atoms with Crippen molar-refractivity contribution >= 4 is 11.9 Å². The topological polar surface area (TPSA) is 57.6 Å². The Morgan fingerprint density at radius 3 is 2.58 bits per heavy atom. The van der Waals surface area contributed by atoms with Gasteiger partial charge < -0.3 is 10.0 Å². The second-order valence-corrected chi connectivity index (χ2v) is 5.97. The molecule has 2 rings (SSSR count). The highest BCUT2D eigenvalue weighted by atomic mass is 16.4. The largest absolute Gasteiger partial charge is 0.481 e. The highest BCUT2D eigenvalue weighted by molar-refractivity contribution is 5.82. The molecule has 2 saturated heterocycles. The maximum Gasteiger partial charge on any atom is 0.308 e. The first kappa shape index (κ1) is 14.4. The SMILES string of the molecule is CCCCC(CC)C(=O)N1C2CCC1C(C(=O)O)C2. The second kappa shape index (κ2) is 5.93. The molecule has 4 atom stereocenters. The molecule has 2 aliphatic heterocycles. The van der Waals surface area contributed by atoms with Crippen LogP contribution in [0.2, 0.25) is 0 Å². The summed E-state index contributed by atoms with van der Waals surface area (Å²) in [6.45, 7) is 4.20. The van der Waals surface area contributed by atoms with Crippen LogP contribution in [-0.4, -0.2) is 34.0 Å². The number of hydrogen-bond acceptors (Lipinski definition) is 2. The lowest BCUT2D eigenvalue weighted by Crippen LogP contribution is -2.41. The fourth-order valence-electron chi connectivity index (χ4n) is 3.76. The van der Waals surface area contributed by atoms with Crippen LogP contribution in [0.4, 0.5) is 0 Å². The minimum atomic E-state index is -0.730. The molecule has 2 heterocycles. The van der Waals surface area contributed by atoms with Crippen molar-refractivity contribution in [3.05, 3.63) is 0 Å². The molecule has 4 unspecified atom stereocenters. The average Bonchev–Trinajstić information content (AvgIpc) is 2.96. The Morgan fingerprint density at radius 2 is 2.05 bits per heavy atom. The van der Waals surface area contributed by atoms with Gasteiger partial charge in [0.25, 0.3) is 0 Å². The summed E-state index contributed by atoms with van der Waals surface area (Å²) >= 11 is 0. The lowest BCUT2D eigenvalue weighted by atomic mass is 9.89. The van der Waals surface area contributed by atoms with Gasteiger partial charge in [-0.3, -0.25) is 9.59 Å². The predicted octanol–water partition coefficient (Wildman–Crippen LogP) is 2.67. The van der Waals surface area contributed by atoms with Crippen molar-refractivity contribution in [2.45, 2.75) is 70.9 Å². The minimum Gasteiger partial charge on any atom is -0.481 e. The van der Waals surface area contributed by atoms with Gasteiger partial charge in [0.05, 0.1) is 5.92 Å². The molecule has 0 aromatic rings. The van der Waals surface area contributed by atoms with E-state index < -0.39 is 5.97 Å². The van der Waals surface area contributed by atoms with E-state index >= 15 is 0 Å². The zero-order valence-electron chi connectivity index (χ0n) is 12.0. The Bertz CT molecular complexity index is 355. The molecular weight excluding hydrogens is 242 g/mol. The van der Waals surface area contributed by atoms with Crippen molar-refractivity contribution in [1.82, 2.24) is 4.90 Å². The number of hydrogen-bond donors (Lipinski definition) is 1. The van der Waals surface area contributed by atoms with Crippen LogP contribution in [0.3, 0.4) is 0 Å². The molecule has 19 heavy (non-hydrogen) atoms. The zero-order valence-corrected chi connectivity index (χ0v) is 12.0. The lowest BCUT2D eigenvalue weighted by molar-refractivity contribution is -0.143. The van der Waals surface area contributed by atoms with E-state index in [1.165, 1.54) is 0 Å². The number of nitrogens with zero attached hydrogens (tertiary/aromatic N) is 1. The Kier molecular flexibility index (Phi) is 4.48. The highest BCUT2D eigenvalue weighted by Crippen LogP contribution is 2.43. The van der Waals surface area contributed by atoms with Crippen LogP contribution in [0.15, 0.2) is 0 Å². The summed E-state index contributed by atoms with van der Waals surface area (Å²) in [6, 6.07) is 0.153. The number of carbonyl (C=O) groups excluding carboxylic acids is 1. The van der Waals surface area contributed by atoms with Crippen molar-refractivity contribution in [2.24, 2.45) is 11.8 Å². The average molecular weight is 267 g/mol. The van der Waals surface area contributed by atoms with Gasteiger partial charge in [-0.2, -0.15) is 0 Å². The number of rotatable bonds is 6. The molecular formula is C15H25NO3. The molecule has 0 aromatic carbocycles. The molecule has 1 N–H and O–H groups in total. The molecule has 0 spiro atoms. The van der Waals surface area contributed by atoms with E-state index in [2.05, 4.69) is 13.8 Å². The number of carboxylic acid groups (broad SMARTS) is 1. The lowest BCUT2D eigenvalue weighted by Gasteiger charge is -2.27. The summed E-state index contributed by atoms with van der Waals surface area (Å²) in [5, 5.41) is 9.23. The number of carbonyl (C=O) groups is 2. The summed E-state index contributed by atoms with van der Waals surface area (Å²) in [6.07, 6.45) is 6.52. The van der Waals surface area contributed by atoms with Crippen LogP contribution in [0.25, 0.3) is 0 Å². The molecule has 2 bridgehead atoms. The Labute approximate surface area is 115 Å². The van der Waals surface area contributed by atoms with E-state index in [-0.39, 0.29) is 29.8 Å². The van der Waals surface area contributed by atoms with Crippen molar-refractivity contribution in [3.63, 3.8) is 0 Å². The summed E-state index contributed by atoms with van der Waals surface area (Å²) in [5.41, 5.74) is 0. The summed E-state index contributed by atoms with van der Waals surface area (Å²) in [5.74, 6) is -0.749. The van der Waals surface area contributed by atoms with Crippen molar-refractivity contribution in [3.8, 4) is 0 Å². The van der Waals surface area contributed by atoms with Gasteiger partial charge in [0.15, 0.2) is 0 Å². The molecule has 1 amide bonds. The molecule has 4 nitrogen and oxygen atoms in total. The fourth-order valence-corrected chi connectivity index (χ4v) is 3.76. The van der Waals surface area contributed by atoms with E-state index in [1.807, 2.05) is 4.90 Å². The van der Waals surface area contributed by atoms with Gasteiger partial charge in [-0.1, -0.05) is 26.7 Å². The molecule has 2 fully saturated rings. The van der Waals surface area contributed by atoms with Gasteiger partial charge in [-0.15, -0.1) is 0 Å². The molecule has 0 aliphatic carbocycles. The quantitative estimate of drug-likeness (QED) is 0.805. The van der Waals surface area contributed by atoms with E-state index in [4.69, 9.17) is 0 Å². The monoisotopic (exact) mass is 267 g/mol. The van der Waals surface area contributed by atoms with E-state index in [9.17, 15) is 14.7 Å². The van der Waals surface area contributed by atoms with Crippen LogP contribution in [0.1, 0.15) is 58.8 Å². The van der Waals surface area contributed by atoms with Gasteiger partial charge in [0.2, 0.25) is 5.91 Å². The van der Waals surface area contributed by atoms with Crippen molar-refractivity contribution < 1.29 is 14.7 Å². The molecule has 0 radical (unpaired) electrons. The smallest absolute Gasteiger partial charge is 0.308 e. The van der Waals surface area contributed by atoms with E-state index in [0.717, 1.165) is 38.5 Å². The molecule has 108 valence electrons. The van der Waals surface area contributed by atoms with E-state index in [0.29, 0.717) is 6.42 Å². The molecule has 2 aliphatic rings. The Hall–Kier alpha value is -1.06. The van der Waals surface area contributed by atoms with Gasteiger partial charge in [0.1, 0.15) is 0 Å². The Balaban J connectivity index is 2.05. The van der Waals surface area contributed by atoms with Crippen LogP contribution in [0.5, 0.6) is 0 Å². The first-order valence-electron chi connectivity index (χ1n) is 7.65. The predicted molar refractivity (Wildman–Crippen MR) is 72.7 cm³/mol. The molecule has 0 saturated carbocycles. The highest BCUT2D eigenvalue weighted by Gasteiger charge is 2.51. The first-order valence-corrected chi connectivity index (χ1v) is 7.65. The third kappa shape index (κ3) is 2.63.